The molecular formula is C14H19BrClNO. The van der Waals surface area contributed by atoms with E-state index in [0.29, 0.717) is 12.0 Å². The Balaban J connectivity index is 2.24. The zero-order valence-corrected chi connectivity index (χ0v) is 12.9. The lowest BCUT2D eigenvalue weighted by atomic mass is 9.88. The fraction of sp³-hybridized carbons (Fsp3) is 0.571. The summed E-state index contributed by atoms with van der Waals surface area (Å²) in [5.74, 6) is 0.522. The maximum Gasteiger partial charge on any atom is 0.0512 e. The molecule has 2 atom stereocenters. The van der Waals surface area contributed by atoms with Gasteiger partial charge >= 0.3 is 0 Å². The van der Waals surface area contributed by atoms with Crippen molar-refractivity contribution in [1.82, 2.24) is 5.32 Å². The van der Waals surface area contributed by atoms with E-state index in [4.69, 9.17) is 16.3 Å². The first-order valence-electron chi connectivity index (χ1n) is 6.48. The van der Waals surface area contributed by atoms with Crippen molar-refractivity contribution in [2.45, 2.75) is 25.8 Å². The van der Waals surface area contributed by atoms with E-state index < -0.39 is 0 Å². The SMILES string of the molecule is CCNC(c1cc(Cl)ccc1Br)C1CCCOC1. The summed E-state index contributed by atoms with van der Waals surface area (Å²) in [5.41, 5.74) is 1.24. The average Bonchev–Trinajstić information content (AvgIpc) is 2.40. The van der Waals surface area contributed by atoms with Crippen LogP contribution in [0.1, 0.15) is 31.4 Å². The van der Waals surface area contributed by atoms with Crippen LogP contribution in [0.2, 0.25) is 5.02 Å². The van der Waals surface area contributed by atoms with Crippen molar-refractivity contribution in [2.24, 2.45) is 5.92 Å². The Kier molecular flexibility index (Phi) is 5.49. The number of rotatable bonds is 4. The van der Waals surface area contributed by atoms with E-state index in [1.807, 2.05) is 18.2 Å². The largest absolute Gasteiger partial charge is 0.381 e. The minimum atomic E-state index is 0.309. The molecule has 2 unspecified atom stereocenters. The van der Waals surface area contributed by atoms with Crippen LogP contribution in [-0.4, -0.2) is 19.8 Å². The first-order chi connectivity index (χ1) is 8.72. The lowest BCUT2D eigenvalue weighted by molar-refractivity contribution is 0.0392. The maximum absolute atomic E-state index is 6.12. The van der Waals surface area contributed by atoms with Crippen molar-refractivity contribution < 1.29 is 4.74 Å². The number of nitrogens with one attached hydrogen (secondary N) is 1. The van der Waals surface area contributed by atoms with Gasteiger partial charge in [0.2, 0.25) is 0 Å². The van der Waals surface area contributed by atoms with Gasteiger partial charge in [0.05, 0.1) is 6.61 Å². The highest BCUT2D eigenvalue weighted by Gasteiger charge is 2.26. The van der Waals surface area contributed by atoms with E-state index in [1.165, 1.54) is 12.0 Å². The number of benzene rings is 1. The molecule has 18 heavy (non-hydrogen) atoms. The summed E-state index contributed by atoms with van der Waals surface area (Å²) in [6, 6.07) is 6.29. The summed E-state index contributed by atoms with van der Waals surface area (Å²) in [4.78, 5) is 0. The van der Waals surface area contributed by atoms with Gasteiger partial charge in [-0.1, -0.05) is 34.5 Å². The molecule has 2 rings (SSSR count). The van der Waals surface area contributed by atoms with E-state index in [-0.39, 0.29) is 0 Å². The summed E-state index contributed by atoms with van der Waals surface area (Å²) in [6.07, 6.45) is 2.35. The van der Waals surface area contributed by atoms with Crippen molar-refractivity contribution in [1.29, 1.82) is 0 Å². The summed E-state index contributed by atoms with van der Waals surface area (Å²) in [5, 5.41) is 4.35. The maximum atomic E-state index is 6.12. The molecule has 1 heterocycles. The fourth-order valence-corrected chi connectivity index (χ4v) is 3.21. The smallest absolute Gasteiger partial charge is 0.0512 e. The second-order valence-electron chi connectivity index (χ2n) is 4.68. The Labute approximate surface area is 122 Å². The molecule has 1 saturated heterocycles. The van der Waals surface area contributed by atoms with Gasteiger partial charge in [0, 0.05) is 28.1 Å². The van der Waals surface area contributed by atoms with E-state index in [0.717, 1.165) is 35.7 Å². The first-order valence-corrected chi connectivity index (χ1v) is 7.65. The molecule has 1 fully saturated rings. The molecule has 0 bridgehead atoms. The Hall–Kier alpha value is -0.0900. The summed E-state index contributed by atoms with van der Waals surface area (Å²) in [6.45, 7) is 4.80. The first kappa shape index (κ1) is 14.3. The predicted octanol–water partition coefficient (Wildman–Crippen LogP) is 4.18. The van der Waals surface area contributed by atoms with Gasteiger partial charge in [0.1, 0.15) is 0 Å². The van der Waals surface area contributed by atoms with Crippen molar-refractivity contribution in [3.8, 4) is 0 Å². The lowest BCUT2D eigenvalue weighted by Crippen LogP contribution is -2.33. The normalized spacial score (nSPS) is 21.8. The highest BCUT2D eigenvalue weighted by Crippen LogP contribution is 2.34. The van der Waals surface area contributed by atoms with Crippen LogP contribution in [0.5, 0.6) is 0 Å². The van der Waals surface area contributed by atoms with Crippen LogP contribution in [-0.2, 0) is 4.74 Å². The minimum Gasteiger partial charge on any atom is -0.381 e. The lowest BCUT2D eigenvalue weighted by Gasteiger charge is -2.31. The number of halogens is 2. The molecule has 0 saturated carbocycles. The van der Waals surface area contributed by atoms with E-state index in [9.17, 15) is 0 Å². The molecule has 1 aromatic rings. The monoisotopic (exact) mass is 331 g/mol. The van der Waals surface area contributed by atoms with Gasteiger partial charge in [-0.05, 0) is 43.1 Å². The molecule has 1 N–H and O–H groups in total. The van der Waals surface area contributed by atoms with Crippen molar-refractivity contribution in [3.63, 3.8) is 0 Å². The molecule has 0 radical (unpaired) electrons. The standard InChI is InChI=1S/C14H19BrClNO/c1-2-17-14(10-4-3-7-18-9-10)12-8-11(16)5-6-13(12)15/h5-6,8,10,14,17H,2-4,7,9H2,1H3. The average molecular weight is 333 g/mol. The predicted molar refractivity (Wildman–Crippen MR) is 79.1 cm³/mol. The highest BCUT2D eigenvalue weighted by atomic mass is 79.9. The van der Waals surface area contributed by atoms with E-state index in [1.54, 1.807) is 0 Å². The number of hydrogen-bond donors (Lipinski definition) is 1. The molecule has 1 aliphatic heterocycles. The summed E-state index contributed by atoms with van der Waals surface area (Å²) in [7, 11) is 0. The quantitative estimate of drug-likeness (QED) is 0.893. The molecule has 0 aromatic heterocycles. The van der Waals surface area contributed by atoms with Crippen molar-refractivity contribution >= 4 is 27.5 Å². The van der Waals surface area contributed by atoms with Gasteiger partial charge in [-0.2, -0.15) is 0 Å². The van der Waals surface area contributed by atoms with Crippen LogP contribution in [0.4, 0.5) is 0 Å². The van der Waals surface area contributed by atoms with Crippen LogP contribution >= 0.6 is 27.5 Å². The molecular weight excluding hydrogens is 314 g/mol. The molecule has 2 nitrogen and oxygen atoms in total. The second kappa shape index (κ2) is 6.90. The van der Waals surface area contributed by atoms with Gasteiger partial charge in [-0.3, -0.25) is 0 Å². The van der Waals surface area contributed by atoms with Crippen LogP contribution in [0.25, 0.3) is 0 Å². The highest BCUT2D eigenvalue weighted by molar-refractivity contribution is 9.10. The third-order valence-corrected chi connectivity index (χ3v) is 4.34. The summed E-state index contributed by atoms with van der Waals surface area (Å²) < 4.78 is 6.73. The van der Waals surface area contributed by atoms with Crippen LogP contribution in [0, 0.1) is 5.92 Å². The Bertz CT molecular complexity index is 393. The molecule has 100 valence electrons. The van der Waals surface area contributed by atoms with Gasteiger partial charge < -0.3 is 10.1 Å². The van der Waals surface area contributed by atoms with Crippen LogP contribution in [0.3, 0.4) is 0 Å². The van der Waals surface area contributed by atoms with Crippen LogP contribution in [0.15, 0.2) is 22.7 Å². The van der Waals surface area contributed by atoms with Gasteiger partial charge in [-0.25, -0.2) is 0 Å². The molecule has 0 spiro atoms. The number of ether oxygens (including phenoxy) is 1. The molecule has 1 aliphatic rings. The topological polar surface area (TPSA) is 21.3 Å². The Morgan fingerprint density at radius 1 is 1.56 bits per heavy atom. The fourth-order valence-electron chi connectivity index (χ4n) is 2.53. The zero-order chi connectivity index (χ0) is 13.0. The third-order valence-electron chi connectivity index (χ3n) is 3.38. The number of hydrogen-bond acceptors (Lipinski definition) is 2. The van der Waals surface area contributed by atoms with Gasteiger partial charge in [0.15, 0.2) is 0 Å². The summed E-state index contributed by atoms with van der Waals surface area (Å²) >= 11 is 9.75. The zero-order valence-electron chi connectivity index (χ0n) is 10.6. The second-order valence-corrected chi connectivity index (χ2v) is 5.97. The molecule has 0 amide bonds. The Morgan fingerprint density at radius 3 is 3.06 bits per heavy atom. The van der Waals surface area contributed by atoms with E-state index >= 15 is 0 Å². The van der Waals surface area contributed by atoms with Crippen molar-refractivity contribution in [3.05, 3.63) is 33.3 Å². The Morgan fingerprint density at radius 2 is 2.39 bits per heavy atom. The van der Waals surface area contributed by atoms with Gasteiger partial charge in [-0.15, -0.1) is 0 Å². The van der Waals surface area contributed by atoms with E-state index in [2.05, 4.69) is 28.2 Å². The molecule has 0 aliphatic carbocycles. The van der Waals surface area contributed by atoms with Crippen LogP contribution < -0.4 is 5.32 Å². The van der Waals surface area contributed by atoms with Gasteiger partial charge in [0.25, 0.3) is 0 Å². The van der Waals surface area contributed by atoms with Crippen molar-refractivity contribution in [2.75, 3.05) is 19.8 Å². The molecule has 1 aromatic carbocycles. The minimum absolute atomic E-state index is 0.309. The molecule has 4 heteroatoms. The third kappa shape index (κ3) is 3.47.